The minimum absolute atomic E-state index is 0.172. The molecule has 0 radical (unpaired) electrons. The van der Waals surface area contributed by atoms with Crippen molar-refractivity contribution in [1.82, 2.24) is 19.9 Å². The highest BCUT2D eigenvalue weighted by Crippen LogP contribution is 2.27. The van der Waals surface area contributed by atoms with E-state index in [4.69, 9.17) is 0 Å². The minimum Gasteiger partial charge on any atom is -0.366 e. The van der Waals surface area contributed by atoms with E-state index in [1.54, 1.807) is 24.5 Å². The summed E-state index contributed by atoms with van der Waals surface area (Å²) in [5, 5.41) is 3.81. The van der Waals surface area contributed by atoms with Crippen molar-refractivity contribution < 1.29 is 17.6 Å². The second kappa shape index (κ2) is 7.50. The molecule has 2 N–H and O–H groups in total. The molecule has 148 valence electrons. The van der Waals surface area contributed by atoms with Crippen molar-refractivity contribution in [2.45, 2.75) is 19.1 Å². The van der Waals surface area contributed by atoms with Gasteiger partial charge in [0.05, 0.1) is 0 Å². The van der Waals surface area contributed by atoms with Crippen LogP contribution in [0.5, 0.6) is 0 Å². The number of fused-ring (bicyclic) bond motifs is 1. The first kappa shape index (κ1) is 18.9. The molecule has 0 aromatic carbocycles. The fraction of sp³-hybridized carbons (Fsp3) is 0.150. The summed E-state index contributed by atoms with van der Waals surface area (Å²) in [5.41, 5.74) is 1.64. The molecule has 0 bridgehead atoms. The highest BCUT2D eigenvalue weighted by molar-refractivity contribution is 5.79. The average molecular weight is 401 g/mol. The van der Waals surface area contributed by atoms with E-state index in [0.717, 1.165) is 28.9 Å². The van der Waals surface area contributed by atoms with Crippen LogP contribution in [0, 0.1) is 5.95 Å². The number of anilines is 1. The smallest absolute Gasteiger partial charge is 0.366 e. The van der Waals surface area contributed by atoms with Crippen LogP contribution in [0.3, 0.4) is 0 Å². The lowest BCUT2D eigenvalue weighted by Crippen LogP contribution is -2.09. The van der Waals surface area contributed by atoms with Crippen molar-refractivity contribution in [3.05, 3.63) is 83.3 Å². The van der Waals surface area contributed by atoms with E-state index in [0.29, 0.717) is 17.5 Å². The van der Waals surface area contributed by atoms with Crippen LogP contribution < -0.4 is 5.32 Å². The van der Waals surface area contributed by atoms with Gasteiger partial charge in [0.1, 0.15) is 17.2 Å². The number of hydrogen-bond acceptors (Lipinski definition) is 4. The third-order valence-corrected chi connectivity index (χ3v) is 4.43. The van der Waals surface area contributed by atoms with Crippen molar-refractivity contribution in [1.29, 1.82) is 0 Å². The van der Waals surface area contributed by atoms with Crippen LogP contribution in [0.1, 0.15) is 22.4 Å². The van der Waals surface area contributed by atoms with Gasteiger partial charge in [0.15, 0.2) is 0 Å². The van der Waals surface area contributed by atoms with Crippen LogP contribution >= 0.6 is 0 Å². The fourth-order valence-corrected chi connectivity index (χ4v) is 2.95. The normalized spacial score (nSPS) is 11.7. The van der Waals surface area contributed by atoms with Gasteiger partial charge in [-0.1, -0.05) is 12.1 Å². The van der Waals surface area contributed by atoms with Gasteiger partial charge in [-0.05, 0) is 35.4 Å². The van der Waals surface area contributed by atoms with Gasteiger partial charge in [0, 0.05) is 42.5 Å². The molecule has 0 amide bonds. The van der Waals surface area contributed by atoms with Gasteiger partial charge in [-0.3, -0.25) is 4.98 Å². The molecule has 4 aromatic rings. The van der Waals surface area contributed by atoms with E-state index >= 15 is 0 Å². The van der Waals surface area contributed by atoms with Crippen LogP contribution in [-0.2, 0) is 19.1 Å². The van der Waals surface area contributed by atoms with Crippen LogP contribution in [-0.4, -0.2) is 19.9 Å². The summed E-state index contributed by atoms with van der Waals surface area (Å²) >= 11 is 0. The molecule has 0 spiro atoms. The molecule has 0 aliphatic heterocycles. The lowest BCUT2D eigenvalue weighted by atomic mass is 10.1. The second-order valence-electron chi connectivity index (χ2n) is 6.44. The first-order chi connectivity index (χ1) is 13.9. The van der Waals surface area contributed by atoms with Crippen molar-refractivity contribution in [3.8, 4) is 0 Å². The Morgan fingerprint density at radius 1 is 1.00 bits per heavy atom. The number of nitrogens with one attached hydrogen (secondary N) is 2. The number of nitrogens with zero attached hydrogens (tertiary/aromatic N) is 3. The third-order valence-electron chi connectivity index (χ3n) is 4.43. The average Bonchev–Trinajstić information content (AvgIpc) is 3.11. The van der Waals surface area contributed by atoms with Gasteiger partial charge >= 0.3 is 6.18 Å². The zero-order valence-electron chi connectivity index (χ0n) is 15.0. The van der Waals surface area contributed by atoms with Crippen LogP contribution in [0.15, 0.2) is 55.0 Å². The predicted molar refractivity (Wildman–Crippen MR) is 99.7 cm³/mol. The molecule has 0 atom stereocenters. The van der Waals surface area contributed by atoms with Gasteiger partial charge in [0.25, 0.3) is 0 Å². The van der Waals surface area contributed by atoms with Gasteiger partial charge in [0.2, 0.25) is 5.95 Å². The zero-order valence-corrected chi connectivity index (χ0v) is 15.0. The molecule has 4 rings (SSSR count). The highest BCUT2D eigenvalue weighted by atomic mass is 19.4. The van der Waals surface area contributed by atoms with Gasteiger partial charge in [-0.2, -0.15) is 17.6 Å². The molecule has 29 heavy (non-hydrogen) atoms. The molecular weight excluding hydrogens is 386 g/mol. The van der Waals surface area contributed by atoms with E-state index in [2.05, 4.69) is 25.3 Å². The van der Waals surface area contributed by atoms with E-state index in [-0.39, 0.29) is 12.4 Å². The summed E-state index contributed by atoms with van der Waals surface area (Å²) in [4.78, 5) is 14.6. The Bertz CT molecular complexity index is 1140. The van der Waals surface area contributed by atoms with E-state index in [1.165, 1.54) is 6.07 Å². The Labute approximate surface area is 162 Å². The summed E-state index contributed by atoms with van der Waals surface area (Å²) in [6.07, 6.45) is 0.477. The summed E-state index contributed by atoms with van der Waals surface area (Å²) in [7, 11) is 0. The lowest BCUT2D eigenvalue weighted by molar-refractivity contribution is -0.141. The van der Waals surface area contributed by atoms with E-state index in [1.807, 2.05) is 12.1 Å². The summed E-state index contributed by atoms with van der Waals surface area (Å²) in [5.74, 6) is -0.328. The Morgan fingerprint density at radius 3 is 2.59 bits per heavy atom. The van der Waals surface area contributed by atoms with Crippen LogP contribution in [0.25, 0.3) is 11.0 Å². The van der Waals surface area contributed by atoms with Gasteiger partial charge in [-0.25, -0.2) is 9.97 Å². The highest BCUT2D eigenvalue weighted by Gasteiger charge is 2.31. The van der Waals surface area contributed by atoms with Crippen LogP contribution in [0.4, 0.5) is 23.4 Å². The molecule has 9 heteroatoms. The van der Waals surface area contributed by atoms with Crippen LogP contribution in [0.2, 0.25) is 0 Å². The zero-order chi connectivity index (χ0) is 20.4. The van der Waals surface area contributed by atoms with Gasteiger partial charge in [-0.15, -0.1) is 0 Å². The standard InChI is InChI=1S/C20H15F4N5/c21-18-13(8-14-11-28-19-15(14)2-1-7-25-19)4-6-17(29-18)27-10-12-3-5-16(26-9-12)20(22,23)24/h1-7,9,11H,8,10H2,(H,25,28)(H,27,29). The Morgan fingerprint density at radius 2 is 1.86 bits per heavy atom. The number of aromatic nitrogens is 4. The monoisotopic (exact) mass is 401 g/mol. The molecule has 0 fully saturated rings. The fourth-order valence-electron chi connectivity index (χ4n) is 2.95. The molecule has 4 aromatic heterocycles. The molecule has 0 saturated carbocycles. The van der Waals surface area contributed by atoms with Crippen molar-refractivity contribution >= 4 is 16.9 Å². The summed E-state index contributed by atoms with van der Waals surface area (Å²) in [6.45, 7) is 0.172. The molecule has 0 aliphatic carbocycles. The molecule has 0 unspecified atom stereocenters. The van der Waals surface area contributed by atoms with Crippen molar-refractivity contribution in [3.63, 3.8) is 0 Å². The number of hydrogen-bond donors (Lipinski definition) is 2. The Balaban J connectivity index is 1.43. The Hall–Kier alpha value is -3.49. The first-order valence-corrected chi connectivity index (χ1v) is 8.72. The maximum absolute atomic E-state index is 14.4. The number of alkyl halides is 3. The molecular formula is C20H15F4N5. The van der Waals surface area contributed by atoms with Crippen molar-refractivity contribution in [2.24, 2.45) is 0 Å². The predicted octanol–water partition coefficient (Wildman–Crippen LogP) is 4.71. The topological polar surface area (TPSA) is 66.5 Å². The maximum Gasteiger partial charge on any atom is 0.433 e. The quantitative estimate of drug-likeness (QED) is 0.375. The first-order valence-electron chi connectivity index (χ1n) is 8.72. The van der Waals surface area contributed by atoms with E-state index in [9.17, 15) is 17.6 Å². The second-order valence-corrected chi connectivity index (χ2v) is 6.44. The molecule has 0 saturated heterocycles. The molecule has 0 aliphatic rings. The number of pyridine rings is 3. The summed E-state index contributed by atoms with van der Waals surface area (Å²) in [6, 6.07) is 9.21. The number of halogens is 4. The largest absolute Gasteiger partial charge is 0.433 e. The molecule has 4 heterocycles. The number of rotatable bonds is 5. The van der Waals surface area contributed by atoms with Crippen molar-refractivity contribution in [2.75, 3.05) is 5.32 Å². The number of H-pyrrole nitrogens is 1. The minimum atomic E-state index is -4.48. The maximum atomic E-state index is 14.4. The third kappa shape index (κ3) is 4.18. The number of aromatic amines is 1. The SMILES string of the molecule is Fc1nc(NCc2ccc(C(F)(F)F)nc2)ccc1Cc1c[nH]c2ncccc12. The van der Waals surface area contributed by atoms with Gasteiger partial charge < -0.3 is 10.3 Å². The molecule has 5 nitrogen and oxygen atoms in total. The Kier molecular flexibility index (Phi) is 4.87. The lowest BCUT2D eigenvalue weighted by Gasteiger charge is -2.09. The summed E-state index contributed by atoms with van der Waals surface area (Å²) < 4.78 is 52.1. The van der Waals surface area contributed by atoms with E-state index < -0.39 is 17.8 Å².